The monoisotopic (exact) mass is 257 g/mol. The summed E-state index contributed by atoms with van der Waals surface area (Å²) >= 11 is 3.39. The fourth-order valence-electron chi connectivity index (χ4n) is 1.43. The van der Waals surface area contributed by atoms with E-state index in [2.05, 4.69) is 39.7 Å². The molecule has 1 rings (SSSR count). The van der Waals surface area contributed by atoms with Gasteiger partial charge in [-0.2, -0.15) is 0 Å². The Morgan fingerprint density at radius 1 is 1.43 bits per heavy atom. The van der Waals surface area contributed by atoms with Gasteiger partial charge in [-0.15, -0.1) is 0 Å². The molecule has 0 aliphatic carbocycles. The molecule has 3 nitrogen and oxygen atoms in total. The Balaban J connectivity index is 3.06. The molecule has 4 heteroatoms. The van der Waals surface area contributed by atoms with E-state index in [0.717, 1.165) is 28.9 Å². The van der Waals surface area contributed by atoms with Gasteiger partial charge in [0.25, 0.3) is 0 Å². The summed E-state index contributed by atoms with van der Waals surface area (Å²) in [5.41, 5.74) is 6.77. The van der Waals surface area contributed by atoms with Crippen LogP contribution in [0.4, 0.5) is 5.82 Å². The van der Waals surface area contributed by atoms with E-state index in [0.29, 0.717) is 6.54 Å². The summed E-state index contributed by atoms with van der Waals surface area (Å²) in [4.78, 5) is 6.59. The molecule has 1 aromatic rings. The molecule has 0 aliphatic rings. The van der Waals surface area contributed by atoms with Crippen LogP contribution in [-0.2, 0) is 6.54 Å². The molecule has 0 saturated carbocycles. The van der Waals surface area contributed by atoms with Crippen molar-refractivity contribution in [3.63, 3.8) is 0 Å². The van der Waals surface area contributed by atoms with Gasteiger partial charge in [-0.05, 0) is 35.8 Å². The number of aromatic nitrogens is 1. The molecule has 0 unspecified atom stereocenters. The lowest BCUT2D eigenvalue weighted by atomic mass is 10.2. The lowest BCUT2D eigenvalue weighted by molar-refractivity contribution is 0.830. The van der Waals surface area contributed by atoms with Crippen LogP contribution >= 0.6 is 15.9 Å². The Morgan fingerprint density at radius 2 is 2.07 bits per heavy atom. The van der Waals surface area contributed by atoms with Gasteiger partial charge in [-0.1, -0.05) is 0 Å². The van der Waals surface area contributed by atoms with Crippen molar-refractivity contribution in [3.8, 4) is 0 Å². The second-order valence-corrected chi connectivity index (χ2v) is 3.93. The third kappa shape index (κ3) is 2.45. The maximum absolute atomic E-state index is 5.68. The maximum atomic E-state index is 5.68. The van der Waals surface area contributed by atoms with E-state index >= 15 is 0 Å². The Kier molecular flexibility index (Phi) is 4.35. The zero-order chi connectivity index (χ0) is 10.6. The number of nitrogens with two attached hydrogens (primary N) is 1. The van der Waals surface area contributed by atoms with E-state index in [-0.39, 0.29) is 0 Å². The van der Waals surface area contributed by atoms with Gasteiger partial charge in [0.15, 0.2) is 0 Å². The topological polar surface area (TPSA) is 42.2 Å². The molecule has 0 radical (unpaired) electrons. The van der Waals surface area contributed by atoms with E-state index < -0.39 is 0 Å². The first-order chi connectivity index (χ1) is 6.72. The highest BCUT2D eigenvalue weighted by molar-refractivity contribution is 9.10. The fourth-order valence-corrected chi connectivity index (χ4v) is 1.81. The highest BCUT2D eigenvalue weighted by atomic mass is 79.9. The molecule has 0 fully saturated rings. The van der Waals surface area contributed by atoms with Crippen LogP contribution in [0.5, 0.6) is 0 Å². The summed E-state index contributed by atoms with van der Waals surface area (Å²) in [6, 6.07) is 2.03. The zero-order valence-corrected chi connectivity index (χ0v) is 10.2. The quantitative estimate of drug-likeness (QED) is 0.899. The number of nitrogens with zero attached hydrogens (tertiary/aromatic N) is 2. The molecule has 1 aromatic heterocycles. The van der Waals surface area contributed by atoms with Crippen LogP contribution in [-0.4, -0.2) is 18.1 Å². The van der Waals surface area contributed by atoms with Crippen LogP contribution in [0.3, 0.4) is 0 Å². The van der Waals surface area contributed by atoms with Crippen molar-refractivity contribution in [1.82, 2.24) is 4.98 Å². The van der Waals surface area contributed by atoms with Gasteiger partial charge in [0, 0.05) is 35.9 Å². The first-order valence-corrected chi connectivity index (χ1v) is 5.61. The second kappa shape index (κ2) is 5.32. The summed E-state index contributed by atoms with van der Waals surface area (Å²) in [6.45, 7) is 6.68. The average molecular weight is 258 g/mol. The molecule has 0 atom stereocenters. The highest BCUT2D eigenvalue weighted by Crippen LogP contribution is 2.20. The smallest absolute Gasteiger partial charge is 0.133 e. The van der Waals surface area contributed by atoms with Gasteiger partial charge in [0.05, 0.1) is 0 Å². The summed E-state index contributed by atoms with van der Waals surface area (Å²) < 4.78 is 0.980. The van der Waals surface area contributed by atoms with E-state index in [1.807, 2.05) is 12.3 Å². The third-order valence-electron chi connectivity index (χ3n) is 2.19. The van der Waals surface area contributed by atoms with Crippen molar-refractivity contribution in [2.45, 2.75) is 20.4 Å². The first-order valence-electron chi connectivity index (χ1n) is 4.82. The van der Waals surface area contributed by atoms with Crippen molar-refractivity contribution in [1.29, 1.82) is 0 Å². The van der Waals surface area contributed by atoms with Crippen molar-refractivity contribution in [3.05, 3.63) is 22.3 Å². The molecule has 14 heavy (non-hydrogen) atoms. The number of anilines is 1. The minimum absolute atomic E-state index is 0.526. The van der Waals surface area contributed by atoms with Crippen molar-refractivity contribution in [2.75, 3.05) is 18.0 Å². The fraction of sp³-hybridized carbons (Fsp3) is 0.500. The molecule has 0 bridgehead atoms. The average Bonchev–Trinajstić information content (AvgIpc) is 2.21. The van der Waals surface area contributed by atoms with Crippen molar-refractivity contribution >= 4 is 21.7 Å². The summed E-state index contributed by atoms with van der Waals surface area (Å²) in [7, 11) is 0. The predicted octanol–water partition coefficient (Wildman–Crippen LogP) is 2.15. The standard InChI is InChI=1S/C10H16BrN3/c1-3-14(4-2)10-8(6-12)5-9(11)7-13-10/h5,7H,3-4,6,12H2,1-2H3. The highest BCUT2D eigenvalue weighted by Gasteiger charge is 2.08. The van der Waals surface area contributed by atoms with E-state index in [1.165, 1.54) is 0 Å². The molecule has 0 saturated heterocycles. The normalized spacial score (nSPS) is 10.3. The predicted molar refractivity (Wildman–Crippen MR) is 63.4 cm³/mol. The molecule has 78 valence electrons. The molecule has 0 aliphatic heterocycles. The van der Waals surface area contributed by atoms with Crippen LogP contribution in [0.1, 0.15) is 19.4 Å². The number of hydrogen-bond donors (Lipinski definition) is 1. The van der Waals surface area contributed by atoms with Crippen molar-refractivity contribution < 1.29 is 0 Å². The minimum atomic E-state index is 0.526. The van der Waals surface area contributed by atoms with Crippen LogP contribution in [0.15, 0.2) is 16.7 Å². The van der Waals surface area contributed by atoms with Gasteiger partial charge in [-0.25, -0.2) is 4.98 Å². The number of rotatable bonds is 4. The van der Waals surface area contributed by atoms with Crippen LogP contribution in [0.25, 0.3) is 0 Å². The molecule has 1 heterocycles. The molecule has 0 aromatic carbocycles. The van der Waals surface area contributed by atoms with E-state index in [1.54, 1.807) is 0 Å². The van der Waals surface area contributed by atoms with Crippen LogP contribution in [0.2, 0.25) is 0 Å². The Morgan fingerprint density at radius 3 is 2.57 bits per heavy atom. The van der Waals surface area contributed by atoms with Gasteiger partial charge in [0.2, 0.25) is 0 Å². The van der Waals surface area contributed by atoms with Gasteiger partial charge in [-0.3, -0.25) is 0 Å². The van der Waals surface area contributed by atoms with Gasteiger partial charge < -0.3 is 10.6 Å². The SMILES string of the molecule is CCN(CC)c1ncc(Br)cc1CN. The van der Waals surface area contributed by atoms with Gasteiger partial charge >= 0.3 is 0 Å². The molecular formula is C10H16BrN3. The maximum Gasteiger partial charge on any atom is 0.133 e. The molecule has 0 spiro atoms. The minimum Gasteiger partial charge on any atom is -0.357 e. The summed E-state index contributed by atoms with van der Waals surface area (Å²) in [5, 5.41) is 0. The lowest BCUT2D eigenvalue weighted by Crippen LogP contribution is -2.24. The second-order valence-electron chi connectivity index (χ2n) is 3.01. The largest absolute Gasteiger partial charge is 0.357 e. The van der Waals surface area contributed by atoms with Gasteiger partial charge in [0.1, 0.15) is 5.82 Å². The molecule has 2 N–H and O–H groups in total. The van der Waals surface area contributed by atoms with E-state index in [4.69, 9.17) is 5.73 Å². The van der Waals surface area contributed by atoms with Crippen LogP contribution < -0.4 is 10.6 Å². The zero-order valence-electron chi connectivity index (χ0n) is 8.63. The summed E-state index contributed by atoms with van der Waals surface area (Å²) in [5.74, 6) is 1.00. The van der Waals surface area contributed by atoms with Crippen molar-refractivity contribution in [2.24, 2.45) is 5.73 Å². The lowest BCUT2D eigenvalue weighted by Gasteiger charge is -2.22. The summed E-state index contributed by atoms with van der Waals surface area (Å²) in [6.07, 6.45) is 1.81. The molecular weight excluding hydrogens is 242 g/mol. The van der Waals surface area contributed by atoms with Crippen LogP contribution in [0, 0.1) is 0 Å². The first kappa shape index (κ1) is 11.5. The number of halogens is 1. The third-order valence-corrected chi connectivity index (χ3v) is 2.63. The number of hydrogen-bond acceptors (Lipinski definition) is 3. The Labute approximate surface area is 93.4 Å². The number of pyridine rings is 1. The molecule has 0 amide bonds. The Hall–Kier alpha value is -0.610. The van der Waals surface area contributed by atoms with E-state index in [9.17, 15) is 0 Å². The Bertz CT molecular complexity index is 297.